The first-order valence-electron chi connectivity index (χ1n) is 6.64. The van der Waals surface area contributed by atoms with Crippen molar-refractivity contribution in [1.29, 1.82) is 0 Å². The lowest BCUT2D eigenvalue weighted by Crippen LogP contribution is -2.28. The minimum atomic E-state index is -0.548. The van der Waals surface area contributed by atoms with E-state index in [-0.39, 0.29) is 17.1 Å². The van der Waals surface area contributed by atoms with Gasteiger partial charge in [0, 0.05) is 18.7 Å². The van der Waals surface area contributed by atoms with E-state index < -0.39 is 4.92 Å². The van der Waals surface area contributed by atoms with E-state index in [0.29, 0.717) is 12.4 Å². The number of likely N-dealkylation sites (N-methyl/N-ethyl adjacent to an activating group) is 1. The molecule has 0 aromatic heterocycles. The smallest absolute Gasteiger partial charge is 0.270 e. The fraction of sp³-hybridized carbons (Fsp3) is 0.462. The van der Waals surface area contributed by atoms with Crippen molar-refractivity contribution in [2.45, 2.75) is 13.8 Å². The van der Waals surface area contributed by atoms with E-state index in [2.05, 4.69) is 23.9 Å². The third-order valence-corrected chi connectivity index (χ3v) is 3.12. The Bertz CT molecular complexity index is 515. The lowest BCUT2D eigenvalue weighted by atomic mass is 10.1. The number of hydrogen-bond donors (Lipinski definition) is 2. The molecule has 116 valence electrons. The zero-order chi connectivity index (χ0) is 15.8. The number of benzene rings is 1. The molecular weight excluding hydrogens is 276 g/mol. The SMILES string of the molecule is CCN(CC)CCOc1ccc([N+](=O)[O-])cc1C(N)=NO. The number of rotatable bonds is 8. The molecule has 0 spiro atoms. The van der Waals surface area contributed by atoms with Gasteiger partial charge >= 0.3 is 0 Å². The Hall–Kier alpha value is -2.35. The van der Waals surface area contributed by atoms with E-state index in [4.69, 9.17) is 15.7 Å². The van der Waals surface area contributed by atoms with Gasteiger partial charge in [-0.25, -0.2) is 0 Å². The summed E-state index contributed by atoms with van der Waals surface area (Å²) in [5, 5.41) is 22.4. The molecule has 0 aliphatic rings. The molecule has 0 bridgehead atoms. The fourth-order valence-corrected chi connectivity index (χ4v) is 1.84. The van der Waals surface area contributed by atoms with E-state index in [1.54, 1.807) is 0 Å². The lowest BCUT2D eigenvalue weighted by molar-refractivity contribution is -0.384. The monoisotopic (exact) mass is 296 g/mol. The van der Waals surface area contributed by atoms with Gasteiger partial charge in [0.25, 0.3) is 5.69 Å². The van der Waals surface area contributed by atoms with Crippen LogP contribution in [0.5, 0.6) is 5.75 Å². The van der Waals surface area contributed by atoms with Crippen molar-refractivity contribution < 1.29 is 14.9 Å². The number of nitrogens with two attached hydrogens (primary N) is 1. The Morgan fingerprint density at radius 1 is 1.48 bits per heavy atom. The summed E-state index contributed by atoms with van der Waals surface area (Å²) < 4.78 is 5.59. The second-order valence-corrected chi connectivity index (χ2v) is 4.30. The highest BCUT2D eigenvalue weighted by molar-refractivity contribution is 6.00. The van der Waals surface area contributed by atoms with Crippen molar-refractivity contribution in [2.75, 3.05) is 26.2 Å². The molecule has 0 saturated heterocycles. The number of amidine groups is 1. The van der Waals surface area contributed by atoms with Gasteiger partial charge in [0.05, 0.1) is 10.5 Å². The van der Waals surface area contributed by atoms with Crippen LogP contribution in [0.1, 0.15) is 19.4 Å². The first-order chi connectivity index (χ1) is 10.0. The van der Waals surface area contributed by atoms with E-state index in [1.165, 1.54) is 18.2 Å². The van der Waals surface area contributed by atoms with Gasteiger partial charge in [-0.2, -0.15) is 0 Å². The number of oxime groups is 1. The zero-order valence-electron chi connectivity index (χ0n) is 12.2. The van der Waals surface area contributed by atoms with Crippen molar-refractivity contribution in [2.24, 2.45) is 10.9 Å². The Balaban J connectivity index is 2.88. The van der Waals surface area contributed by atoms with E-state index >= 15 is 0 Å². The van der Waals surface area contributed by atoms with Crippen LogP contribution in [0.2, 0.25) is 0 Å². The van der Waals surface area contributed by atoms with Crippen molar-refractivity contribution >= 4 is 11.5 Å². The topological polar surface area (TPSA) is 114 Å². The van der Waals surface area contributed by atoms with Crippen LogP contribution in [0.3, 0.4) is 0 Å². The highest BCUT2D eigenvalue weighted by atomic mass is 16.6. The second kappa shape index (κ2) is 8.05. The predicted octanol–water partition coefficient (Wildman–Crippen LogP) is 1.41. The molecule has 0 radical (unpaired) electrons. The van der Waals surface area contributed by atoms with Gasteiger partial charge in [-0.1, -0.05) is 19.0 Å². The molecule has 0 unspecified atom stereocenters. The molecule has 1 rings (SSSR count). The molecule has 0 saturated carbocycles. The summed E-state index contributed by atoms with van der Waals surface area (Å²) in [4.78, 5) is 12.4. The van der Waals surface area contributed by atoms with E-state index in [9.17, 15) is 10.1 Å². The molecule has 0 aliphatic heterocycles. The molecule has 0 fully saturated rings. The maximum Gasteiger partial charge on any atom is 0.270 e. The number of ether oxygens (including phenoxy) is 1. The van der Waals surface area contributed by atoms with Crippen LogP contribution in [-0.2, 0) is 0 Å². The van der Waals surface area contributed by atoms with Crippen molar-refractivity contribution in [1.82, 2.24) is 4.90 Å². The van der Waals surface area contributed by atoms with Crippen LogP contribution in [-0.4, -0.2) is 47.1 Å². The maximum atomic E-state index is 10.8. The molecule has 8 nitrogen and oxygen atoms in total. The second-order valence-electron chi connectivity index (χ2n) is 4.30. The quantitative estimate of drug-likeness (QED) is 0.246. The third-order valence-electron chi connectivity index (χ3n) is 3.12. The maximum absolute atomic E-state index is 10.8. The molecular formula is C13H20N4O4. The molecule has 0 amide bonds. The molecule has 3 N–H and O–H groups in total. The van der Waals surface area contributed by atoms with Crippen LogP contribution in [0, 0.1) is 10.1 Å². The molecule has 21 heavy (non-hydrogen) atoms. The molecule has 0 atom stereocenters. The average Bonchev–Trinajstić information content (AvgIpc) is 2.50. The molecule has 1 aromatic rings. The van der Waals surface area contributed by atoms with Gasteiger partial charge in [-0.05, 0) is 19.2 Å². The van der Waals surface area contributed by atoms with Gasteiger partial charge in [-0.15, -0.1) is 0 Å². The summed E-state index contributed by atoms with van der Waals surface area (Å²) in [7, 11) is 0. The van der Waals surface area contributed by atoms with Gasteiger partial charge < -0.3 is 20.6 Å². The Morgan fingerprint density at radius 2 is 2.14 bits per heavy atom. The largest absolute Gasteiger partial charge is 0.491 e. The van der Waals surface area contributed by atoms with Crippen molar-refractivity contribution in [3.05, 3.63) is 33.9 Å². The van der Waals surface area contributed by atoms with E-state index in [0.717, 1.165) is 19.6 Å². The Labute approximate surface area is 122 Å². The van der Waals surface area contributed by atoms with Crippen LogP contribution in [0.4, 0.5) is 5.69 Å². The summed E-state index contributed by atoms with van der Waals surface area (Å²) in [5.41, 5.74) is 5.59. The predicted molar refractivity (Wildman–Crippen MR) is 78.9 cm³/mol. The zero-order valence-corrected chi connectivity index (χ0v) is 12.2. The highest BCUT2D eigenvalue weighted by Gasteiger charge is 2.15. The summed E-state index contributed by atoms with van der Waals surface area (Å²) in [6, 6.07) is 4.00. The van der Waals surface area contributed by atoms with Crippen LogP contribution in [0.15, 0.2) is 23.4 Å². The normalized spacial score (nSPS) is 11.7. The summed E-state index contributed by atoms with van der Waals surface area (Å²) >= 11 is 0. The molecule has 0 aliphatic carbocycles. The first-order valence-corrected chi connectivity index (χ1v) is 6.64. The van der Waals surface area contributed by atoms with Crippen LogP contribution < -0.4 is 10.5 Å². The Kier molecular flexibility index (Phi) is 6.41. The lowest BCUT2D eigenvalue weighted by Gasteiger charge is -2.18. The summed E-state index contributed by atoms with van der Waals surface area (Å²) in [5.74, 6) is 0.125. The standard InChI is InChI=1S/C13H20N4O4/c1-3-16(4-2)7-8-21-12-6-5-10(17(19)20)9-11(12)13(14)15-18/h5-6,9,18H,3-4,7-8H2,1-2H3,(H2,14,15). The number of nitro benzene ring substituents is 1. The minimum absolute atomic E-state index is 0.146. The Morgan fingerprint density at radius 3 is 2.67 bits per heavy atom. The van der Waals surface area contributed by atoms with Crippen LogP contribution in [0.25, 0.3) is 0 Å². The molecule has 8 heteroatoms. The van der Waals surface area contributed by atoms with Crippen LogP contribution >= 0.6 is 0 Å². The number of nitrogens with zero attached hydrogens (tertiary/aromatic N) is 3. The number of nitro groups is 1. The summed E-state index contributed by atoms with van der Waals surface area (Å²) in [6.07, 6.45) is 0. The van der Waals surface area contributed by atoms with Crippen molar-refractivity contribution in [3.63, 3.8) is 0 Å². The first kappa shape index (κ1) is 16.7. The average molecular weight is 296 g/mol. The highest BCUT2D eigenvalue weighted by Crippen LogP contribution is 2.24. The van der Waals surface area contributed by atoms with Gasteiger partial charge in [0.1, 0.15) is 12.4 Å². The fourth-order valence-electron chi connectivity index (χ4n) is 1.84. The van der Waals surface area contributed by atoms with Gasteiger partial charge in [-0.3, -0.25) is 10.1 Å². The van der Waals surface area contributed by atoms with E-state index in [1.807, 2.05) is 0 Å². The number of non-ortho nitro benzene ring substituents is 1. The number of hydrogen-bond acceptors (Lipinski definition) is 6. The molecule has 0 heterocycles. The minimum Gasteiger partial charge on any atom is -0.491 e. The molecule has 1 aromatic carbocycles. The third kappa shape index (κ3) is 4.60. The van der Waals surface area contributed by atoms with Gasteiger partial charge in [0.2, 0.25) is 0 Å². The van der Waals surface area contributed by atoms with Crippen molar-refractivity contribution in [3.8, 4) is 5.75 Å². The van der Waals surface area contributed by atoms with Gasteiger partial charge in [0.15, 0.2) is 5.84 Å². The summed E-state index contributed by atoms with van der Waals surface area (Å²) in [6.45, 7) is 7.06.